The first-order valence-corrected chi connectivity index (χ1v) is 6.91. The Morgan fingerprint density at radius 1 is 1.28 bits per heavy atom. The second kappa shape index (κ2) is 6.32. The molecule has 1 atom stereocenters. The maximum Gasteiger partial charge on any atom is 0.0634 e. The summed E-state index contributed by atoms with van der Waals surface area (Å²) in [6.45, 7) is 2.87. The smallest absolute Gasteiger partial charge is 0.0634 e. The van der Waals surface area contributed by atoms with Crippen LogP contribution in [0.2, 0.25) is 5.02 Å². The molecule has 0 amide bonds. The van der Waals surface area contributed by atoms with Crippen LogP contribution in [0.4, 0.5) is 0 Å². The summed E-state index contributed by atoms with van der Waals surface area (Å²) in [5.41, 5.74) is 2.32. The molecule has 0 unspecified atom stereocenters. The Bertz CT molecular complexity index is 513. The number of rotatable bonds is 4. The molecule has 4 heteroatoms. The molecule has 2 rings (SSSR count). The van der Waals surface area contributed by atoms with Crippen molar-refractivity contribution in [3.8, 4) is 0 Å². The van der Waals surface area contributed by atoms with Crippen LogP contribution in [-0.2, 0) is 6.54 Å². The van der Waals surface area contributed by atoms with Crippen molar-refractivity contribution in [3.63, 3.8) is 0 Å². The average molecular weight is 326 g/mol. The zero-order valence-corrected chi connectivity index (χ0v) is 12.4. The van der Waals surface area contributed by atoms with E-state index in [0.717, 1.165) is 16.6 Å². The van der Waals surface area contributed by atoms with Gasteiger partial charge in [0.1, 0.15) is 0 Å². The average Bonchev–Trinajstić information content (AvgIpc) is 2.38. The number of aromatic nitrogens is 1. The molecule has 0 aliphatic rings. The minimum absolute atomic E-state index is 0.280. The van der Waals surface area contributed by atoms with Gasteiger partial charge in [0.05, 0.1) is 5.02 Å². The number of hydrogen-bond acceptors (Lipinski definition) is 2. The molecule has 0 saturated carbocycles. The molecule has 2 aromatic rings. The summed E-state index contributed by atoms with van der Waals surface area (Å²) in [5.74, 6) is 0. The molecule has 18 heavy (non-hydrogen) atoms. The van der Waals surface area contributed by atoms with E-state index in [1.807, 2.05) is 18.2 Å². The first-order chi connectivity index (χ1) is 8.66. The van der Waals surface area contributed by atoms with Crippen LogP contribution >= 0.6 is 27.5 Å². The number of benzene rings is 1. The van der Waals surface area contributed by atoms with Crippen molar-refractivity contribution in [2.75, 3.05) is 0 Å². The molecule has 0 fully saturated rings. The third kappa shape index (κ3) is 3.55. The zero-order chi connectivity index (χ0) is 13.0. The van der Waals surface area contributed by atoms with Gasteiger partial charge in [-0.3, -0.25) is 4.98 Å². The van der Waals surface area contributed by atoms with E-state index in [1.165, 1.54) is 5.56 Å². The number of halogens is 2. The van der Waals surface area contributed by atoms with E-state index in [2.05, 4.69) is 45.3 Å². The van der Waals surface area contributed by atoms with Crippen molar-refractivity contribution in [1.82, 2.24) is 10.3 Å². The number of pyridine rings is 1. The highest BCUT2D eigenvalue weighted by Gasteiger charge is 2.06. The van der Waals surface area contributed by atoms with Crippen molar-refractivity contribution >= 4 is 27.5 Å². The Balaban J connectivity index is 1.98. The predicted molar refractivity (Wildman–Crippen MR) is 78.6 cm³/mol. The van der Waals surface area contributed by atoms with Gasteiger partial charge < -0.3 is 5.32 Å². The van der Waals surface area contributed by atoms with E-state index in [0.29, 0.717) is 5.02 Å². The lowest BCUT2D eigenvalue weighted by Gasteiger charge is -2.15. The molecule has 94 valence electrons. The topological polar surface area (TPSA) is 24.9 Å². The molecule has 0 aliphatic carbocycles. The Morgan fingerprint density at radius 2 is 2.00 bits per heavy atom. The molecule has 0 radical (unpaired) electrons. The molecule has 1 aromatic heterocycles. The standard InChI is InChI=1S/C14H14BrClN2/c1-10(11-2-4-13(15)5-3-11)18-8-12-6-7-17-9-14(12)16/h2-7,9-10,18H,8H2,1H3/t10-/m1/s1. The molecule has 0 spiro atoms. The number of nitrogens with one attached hydrogen (secondary N) is 1. The van der Waals surface area contributed by atoms with Gasteiger partial charge in [0.25, 0.3) is 0 Å². The Morgan fingerprint density at radius 3 is 2.67 bits per heavy atom. The number of hydrogen-bond donors (Lipinski definition) is 1. The van der Waals surface area contributed by atoms with Crippen LogP contribution in [0.15, 0.2) is 47.2 Å². The van der Waals surface area contributed by atoms with Gasteiger partial charge in [-0.25, -0.2) is 0 Å². The maximum absolute atomic E-state index is 6.07. The molecule has 0 saturated heterocycles. The Hall–Kier alpha value is -0.900. The minimum atomic E-state index is 0.280. The van der Waals surface area contributed by atoms with Gasteiger partial charge in [0.15, 0.2) is 0 Å². The Kier molecular flexibility index (Phi) is 4.75. The summed E-state index contributed by atoms with van der Waals surface area (Å²) in [7, 11) is 0. The third-order valence-electron chi connectivity index (χ3n) is 2.83. The molecule has 1 aromatic carbocycles. The van der Waals surface area contributed by atoms with Crippen molar-refractivity contribution in [2.45, 2.75) is 19.5 Å². The summed E-state index contributed by atoms with van der Waals surface area (Å²) >= 11 is 9.50. The normalized spacial score (nSPS) is 12.4. The van der Waals surface area contributed by atoms with Crippen LogP contribution in [0.1, 0.15) is 24.1 Å². The molecule has 1 heterocycles. The predicted octanol–water partition coefficient (Wildman–Crippen LogP) is 4.35. The highest BCUT2D eigenvalue weighted by molar-refractivity contribution is 9.10. The van der Waals surface area contributed by atoms with Crippen LogP contribution < -0.4 is 5.32 Å². The largest absolute Gasteiger partial charge is 0.306 e. The van der Waals surface area contributed by atoms with Gasteiger partial charge in [0.2, 0.25) is 0 Å². The van der Waals surface area contributed by atoms with E-state index in [1.54, 1.807) is 12.4 Å². The van der Waals surface area contributed by atoms with Crippen LogP contribution in [0.5, 0.6) is 0 Å². The summed E-state index contributed by atoms with van der Waals surface area (Å²) < 4.78 is 1.09. The fourth-order valence-corrected chi connectivity index (χ4v) is 2.13. The van der Waals surface area contributed by atoms with Gasteiger partial charge >= 0.3 is 0 Å². The fourth-order valence-electron chi connectivity index (χ4n) is 1.68. The molecular formula is C14H14BrClN2. The molecule has 2 nitrogen and oxygen atoms in total. The first kappa shape index (κ1) is 13.5. The lowest BCUT2D eigenvalue weighted by atomic mass is 10.1. The van der Waals surface area contributed by atoms with Crippen molar-refractivity contribution in [2.24, 2.45) is 0 Å². The lowest BCUT2D eigenvalue weighted by Crippen LogP contribution is -2.18. The van der Waals surface area contributed by atoms with E-state index < -0.39 is 0 Å². The van der Waals surface area contributed by atoms with Gasteiger partial charge in [0, 0.05) is 29.5 Å². The fraction of sp³-hybridized carbons (Fsp3) is 0.214. The summed E-state index contributed by atoms with van der Waals surface area (Å²) in [6.07, 6.45) is 3.43. The van der Waals surface area contributed by atoms with Gasteiger partial charge in [-0.1, -0.05) is 39.7 Å². The second-order valence-corrected chi connectivity index (χ2v) is 5.44. The lowest BCUT2D eigenvalue weighted by molar-refractivity contribution is 0.574. The van der Waals surface area contributed by atoms with Crippen LogP contribution in [-0.4, -0.2) is 4.98 Å². The van der Waals surface area contributed by atoms with Gasteiger partial charge in [-0.05, 0) is 36.2 Å². The summed E-state index contributed by atoms with van der Waals surface area (Å²) in [4.78, 5) is 3.97. The van der Waals surface area contributed by atoms with Crippen molar-refractivity contribution < 1.29 is 0 Å². The highest BCUT2D eigenvalue weighted by Crippen LogP contribution is 2.18. The zero-order valence-electron chi connectivity index (χ0n) is 10.0. The molecular weight excluding hydrogens is 312 g/mol. The summed E-state index contributed by atoms with van der Waals surface area (Å²) in [5, 5.41) is 4.15. The molecule has 1 N–H and O–H groups in total. The van der Waals surface area contributed by atoms with Crippen molar-refractivity contribution in [1.29, 1.82) is 0 Å². The molecule has 0 aliphatic heterocycles. The maximum atomic E-state index is 6.07. The third-order valence-corrected chi connectivity index (χ3v) is 3.69. The van der Waals surface area contributed by atoms with Crippen LogP contribution in [0, 0.1) is 0 Å². The number of nitrogens with zero attached hydrogens (tertiary/aromatic N) is 1. The van der Waals surface area contributed by atoms with E-state index >= 15 is 0 Å². The van der Waals surface area contributed by atoms with Crippen LogP contribution in [0.3, 0.4) is 0 Å². The minimum Gasteiger partial charge on any atom is -0.306 e. The molecule has 0 bridgehead atoms. The monoisotopic (exact) mass is 324 g/mol. The van der Waals surface area contributed by atoms with Crippen LogP contribution in [0.25, 0.3) is 0 Å². The van der Waals surface area contributed by atoms with E-state index in [4.69, 9.17) is 11.6 Å². The van der Waals surface area contributed by atoms with Gasteiger partial charge in [-0.2, -0.15) is 0 Å². The quantitative estimate of drug-likeness (QED) is 0.904. The first-order valence-electron chi connectivity index (χ1n) is 5.74. The van der Waals surface area contributed by atoms with Crippen molar-refractivity contribution in [3.05, 3.63) is 63.3 Å². The van der Waals surface area contributed by atoms with E-state index in [-0.39, 0.29) is 6.04 Å². The Labute approximate surface area is 121 Å². The highest BCUT2D eigenvalue weighted by atomic mass is 79.9. The van der Waals surface area contributed by atoms with E-state index in [9.17, 15) is 0 Å². The van der Waals surface area contributed by atoms with Gasteiger partial charge in [-0.15, -0.1) is 0 Å². The SMILES string of the molecule is C[C@@H](NCc1ccncc1Cl)c1ccc(Br)cc1. The second-order valence-electron chi connectivity index (χ2n) is 4.12. The summed E-state index contributed by atoms with van der Waals surface area (Å²) in [6, 6.07) is 10.5.